The molecule has 0 bridgehead atoms. The molecule has 0 atom stereocenters. The summed E-state index contributed by atoms with van der Waals surface area (Å²) in [6.07, 6.45) is 1.56. The molecule has 0 aliphatic heterocycles. The number of rotatable bonds is 4. The second-order valence-electron chi connectivity index (χ2n) is 5.45. The highest BCUT2D eigenvalue weighted by molar-refractivity contribution is 5.92. The number of benzene rings is 2. The molecular formula is C17H18N6. The summed E-state index contributed by atoms with van der Waals surface area (Å²) >= 11 is 0. The Morgan fingerprint density at radius 3 is 2.52 bits per heavy atom. The molecule has 1 heterocycles. The van der Waals surface area contributed by atoms with Crippen LogP contribution in [0.2, 0.25) is 0 Å². The minimum atomic E-state index is 0.751. The normalized spacial score (nSPS) is 11.1. The molecular weight excluding hydrogens is 288 g/mol. The standard InChI is InChI=1S/C17H18N6/c1-12-4-6-13(7-5-12)20-17-15-10-14(21-22-23(2)3)8-9-16(15)18-11-19-17/h4-11H,1-3H3,(H,18,19,20). The van der Waals surface area contributed by atoms with Crippen LogP contribution in [0, 0.1) is 6.92 Å². The first kappa shape index (κ1) is 14.9. The van der Waals surface area contributed by atoms with Crippen molar-refractivity contribution in [3.63, 3.8) is 0 Å². The van der Waals surface area contributed by atoms with Crippen LogP contribution in [0.1, 0.15) is 5.56 Å². The van der Waals surface area contributed by atoms with Crippen LogP contribution in [0.25, 0.3) is 10.9 Å². The number of aryl methyl sites for hydroxylation is 1. The van der Waals surface area contributed by atoms with Gasteiger partial charge < -0.3 is 5.32 Å². The number of anilines is 2. The van der Waals surface area contributed by atoms with E-state index in [1.54, 1.807) is 11.3 Å². The van der Waals surface area contributed by atoms with Gasteiger partial charge >= 0.3 is 0 Å². The maximum absolute atomic E-state index is 4.36. The highest BCUT2D eigenvalue weighted by Crippen LogP contribution is 2.27. The van der Waals surface area contributed by atoms with Crippen molar-refractivity contribution in [2.75, 3.05) is 19.4 Å². The minimum absolute atomic E-state index is 0.751. The summed E-state index contributed by atoms with van der Waals surface area (Å²) in [6.45, 7) is 2.06. The Morgan fingerprint density at radius 2 is 1.78 bits per heavy atom. The van der Waals surface area contributed by atoms with Crippen LogP contribution >= 0.6 is 0 Å². The number of hydrogen-bond acceptors (Lipinski definition) is 5. The van der Waals surface area contributed by atoms with Crippen molar-refractivity contribution in [2.24, 2.45) is 10.3 Å². The average Bonchev–Trinajstić information content (AvgIpc) is 2.55. The van der Waals surface area contributed by atoms with Crippen molar-refractivity contribution < 1.29 is 0 Å². The summed E-state index contributed by atoms with van der Waals surface area (Å²) in [5, 5.41) is 14.1. The van der Waals surface area contributed by atoms with E-state index >= 15 is 0 Å². The van der Waals surface area contributed by atoms with Gasteiger partial charge in [0.25, 0.3) is 0 Å². The van der Waals surface area contributed by atoms with Crippen LogP contribution in [0.5, 0.6) is 0 Å². The summed E-state index contributed by atoms with van der Waals surface area (Å²) in [4.78, 5) is 8.66. The Balaban J connectivity index is 1.98. The lowest BCUT2D eigenvalue weighted by molar-refractivity contribution is 0.408. The Morgan fingerprint density at radius 1 is 1.00 bits per heavy atom. The maximum Gasteiger partial charge on any atom is 0.141 e. The summed E-state index contributed by atoms with van der Waals surface area (Å²) < 4.78 is 0. The molecule has 3 aromatic rings. The zero-order valence-corrected chi connectivity index (χ0v) is 13.4. The van der Waals surface area contributed by atoms with Crippen molar-refractivity contribution in [3.8, 4) is 0 Å². The molecule has 0 aliphatic rings. The van der Waals surface area contributed by atoms with Crippen LogP contribution in [0.4, 0.5) is 17.2 Å². The fourth-order valence-corrected chi connectivity index (χ4v) is 2.12. The first-order chi connectivity index (χ1) is 11.1. The van der Waals surface area contributed by atoms with E-state index in [4.69, 9.17) is 0 Å². The van der Waals surface area contributed by atoms with Gasteiger partial charge in [-0.05, 0) is 37.3 Å². The van der Waals surface area contributed by atoms with Crippen LogP contribution in [0.3, 0.4) is 0 Å². The van der Waals surface area contributed by atoms with Gasteiger partial charge in [-0.3, -0.25) is 5.01 Å². The highest BCUT2D eigenvalue weighted by atomic mass is 15.5. The zero-order valence-electron chi connectivity index (χ0n) is 13.4. The SMILES string of the molecule is Cc1ccc(Nc2ncnc3ccc(N=NN(C)C)cc23)cc1. The van der Waals surface area contributed by atoms with E-state index in [2.05, 4.69) is 44.7 Å². The molecule has 2 aromatic carbocycles. The van der Waals surface area contributed by atoms with Gasteiger partial charge in [0.2, 0.25) is 0 Å². The topological polar surface area (TPSA) is 65.8 Å². The molecule has 6 heteroatoms. The summed E-state index contributed by atoms with van der Waals surface area (Å²) in [6, 6.07) is 13.9. The molecule has 0 radical (unpaired) electrons. The largest absolute Gasteiger partial charge is 0.340 e. The summed E-state index contributed by atoms with van der Waals surface area (Å²) in [7, 11) is 3.66. The van der Waals surface area contributed by atoms with Gasteiger partial charge in [-0.25, -0.2) is 9.97 Å². The Labute approximate surface area is 134 Å². The van der Waals surface area contributed by atoms with Crippen molar-refractivity contribution in [1.82, 2.24) is 15.0 Å². The third-order valence-electron chi connectivity index (χ3n) is 3.27. The molecule has 0 amide bonds. The van der Waals surface area contributed by atoms with Crippen molar-refractivity contribution >= 4 is 28.1 Å². The van der Waals surface area contributed by atoms with Crippen LogP contribution < -0.4 is 5.32 Å². The Hall–Kier alpha value is -3.02. The van der Waals surface area contributed by atoms with Crippen molar-refractivity contribution in [1.29, 1.82) is 0 Å². The third-order valence-corrected chi connectivity index (χ3v) is 3.27. The molecule has 0 spiro atoms. The van der Waals surface area contributed by atoms with Gasteiger partial charge in [0.1, 0.15) is 12.1 Å². The lowest BCUT2D eigenvalue weighted by Gasteiger charge is -2.09. The van der Waals surface area contributed by atoms with Crippen LogP contribution in [-0.4, -0.2) is 29.1 Å². The van der Waals surface area contributed by atoms with E-state index < -0.39 is 0 Å². The number of fused-ring (bicyclic) bond motifs is 1. The van der Waals surface area contributed by atoms with Crippen LogP contribution in [0.15, 0.2) is 59.1 Å². The second kappa shape index (κ2) is 6.39. The molecule has 1 N–H and O–H groups in total. The first-order valence-electron chi connectivity index (χ1n) is 7.29. The first-order valence-corrected chi connectivity index (χ1v) is 7.29. The summed E-state index contributed by atoms with van der Waals surface area (Å²) in [5.41, 5.74) is 3.82. The van der Waals surface area contributed by atoms with Gasteiger partial charge in [0, 0.05) is 25.2 Å². The Kier molecular flexibility index (Phi) is 4.14. The van der Waals surface area contributed by atoms with Gasteiger partial charge in [0.15, 0.2) is 0 Å². The predicted octanol–water partition coefficient (Wildman–Crippen LogP) is 4.24. The van der Waals surface area contributed by atoms with E-state index in [1.807, 2.05) is 44.4 Å². The maximum atomic E-state index is 4.36. The zero-order chi connectivity index (χ0) is 16.2. The quantitative estimate of drug-likeness (QED) is 0.578. The number of hydrogen-bond donors (Lipinski definition) is 1. The van der Waals surface area contributed by atoms with Crippen LogP contribution in [-0.2, 0) is 0 Å². The highest BCUT2D eigenvalue weighted by Gasteiger charge is 2.05. The number of nitrogens with zero attached hydrogens (tertiary/aromatic N) is 5. The molecule has 23 heavy (non-hydrogen) atoms. The third kappa shape index (κ3) is 3.60. The molecule has 116 valence electrons. The average molecular weight is 306 g/mol. The molecule has 3 rings (SSSR count). The molecule has 0 saturated heterocycles. The molecule has 0 aliphatic carbocycles. The number of nitrogens with one attached hydrogen (secondary N) is 1. The molecule has 6 nitrogen and oxygen atoms in total. The monoisotopic (exact) mass is 306 g/mol. The number of aromatic nitrogens is 2. The lowest BCUT2D eigenvalue weighted by Crippen LogP contribution is -1.99. The van der Waals surface area contributed by atoms with Gasteiger partial charge in [-0.1, -0.05) is 22.9 Å². The Bertz CT molecular complexity index is 839. The fraction of sp³-hybridized carbons (Fsp3) is 0.176. The molecule has 0 unspecified atom stereocenters. The molecule has 0 fully saturated rings. The molecule has 1 aromatic heterocycles. The van der Waals surface area contributed by atoms with Crippen molar-refractivity contribution in [3.05, 3.63) is 54.4 Å². The van der Waals surface area contributed by atoms with E-state index in [0.717, 1.165) is 28.1 Å². The van der Waals surface area contributed by atoms with E-state index in [-0.39, 0.29) is 0 Å². The lowest BCUT2D eigenvalue weighted by atomic mass is 10.2. The smallest absolute Gasteiger partial charge is 0.141 e. The van der Waals surface area contributed by atoms with E-state index in [0.29, 0.717) is 0 Å². The van der Waals surface area contributed by atoms with Gasteiger partial charge in [-0.2, -0.15) is 0 Å². The van der Waals surface area contributed by atoms with Gasteiger partial charge in [-0.15, -0.1) is 5.11 Å². The summed E-state index contributed by atoms with van der Waals surface area (Å²) in [5.74, 6) is 0.751. The van der Waals surface area contributed by atoms with E-state index in [1.165, 1.54) is 5.56 Å². The fourth-order valence-electron chi connectivity index (χ4n) is 2.12. The second-order valence-corrected chi connectivity index (χ2v) is 5.45. The minimum Gasteiger partial charge on any atom is -0.340 e. The predicted molar refractivity (Wildman–Crippen MR) is 92.2 cm³/mol. The van der Waals surface area contributed by atoms with Gasteiger partial charge in [0.05, 0.1) is 11.2 Å². The molecule has 0 saturated carbocycles. The van der Waals surface area contributed by atoms with Crippen molar-refractivity contribution in [2.45, 2.75) is 6.92 Å². The van der Waals surface area contributed by atoms with E-state index in [9.17, 15) is 0 Å².